The minimum absolute atomic E-state index is 0.145. The van der Waals surface area contributed by atoms with E-state index in [9.17, 15) is 19.2 Å². The number of anilines is 1. The Kier molecular flexibility index (Phi) is 9.58. The van der Waals surface area contributed by atoms with E-state index in [1.807, 2.05) is 0 Å². The van der Waals surface area contributed by atoms with E-state index in [4.69, 9.17) is 14.2 Å². The smallest absolute Gasteiger partial charge is 0.343 e. The molecule has 0 spiro atoms. The van der Waals surface area contributed by atoms with E-state index >= 15 is 0 Å². The molecule has 1 amide bonds. The van der Waals surface area contributed by atoms with Gasteiger partial charge in [0.2, 0.25) is 5.91 Å². The number of aromatic nitrogens is 1. The van der Waals surface area contributed by atoms with Crippen molar-refractivity contribution in [2.45, 2.75) is 33.7 Å². The molecule has 0 radical (unpaired) electrons. The Balaban J connectivity index is 1.85. The molecule has 11 nitrogen and oxygen atoms in total. The van der Waals surface area contributed by atoms with Crippen molar-refractivity contribution in [2.75, 3.05) is 32.2 Å². The highest BCUT2D eigenvalue weighted by Crippen LogP contribution is 2.36. The molecule has 3 aromatic rings. The lowest BCUT2D eigenvalue weighted by molar-refractivity contribution is -0.143. The summed E-state index contributed by atoms with van der Waals surface area (Å²) in [6, 6.07) is 11.2. The van der Waals surface area contributed by atoms with Gasteiger partial charge < -0.3 is 24.3 Å². The van der Waals surface area contributed by atoms with Crippen LogP contribution in [0.2, 0.25) is 0 Å². The molecule has 2 aromatic carbocycles. The second kappa shape index (κ2) is 13.3. The summed E-state index contributed by atoms with van der Waals surface area (Å²) in [5.41, 5.74) is 2.26. The quantitative estimate of drug-likeness (QED) is 0.355. The molecule has 4 rings (SSSR count). The van der Waals surface area contributed by atoms with Crippen LogP contribution in [0.3, 0.4) is 0 Å². The Morgan fingerprint density at radius 1 is 1.05 bits per heavy atom. The number of thiazole rings is 1. The van der Waals surface area contributed by atoms with Crippen molar-refractivity contribution in [3.8, 4) is 11.5 Å². The van der Waals surface area contributed by atoms with E-state index < -0.39 is 18.0 Å². The third-order valence-corrected chi connectivity index (χ3v) is 7.19. The predicted octanol–water partition coefficient (Wildman–Crippen LogP) is 2.71. The molecule has 12 heteroatoms. The number of rotatable bonds is 10. The van der Waals surface area contributed by atoms with Gasteiger partial charge >= 0.3 is 11.9 Å². The maximum atomic E-state index is 13.9. The number of methoxy groups -OCH3 is 1. The summed E-state index contributed by atoms with van der Waals surface area (Å²) in [6.07, 6.45) is 1.73. The van der Waals surface area contributed by atoms with Crippen molar-refractivity contribution in [3.63, 3.8) is 0 Å². The standard InChI is InChI=1S/C30H31N3O8S/c1-6-39-23-15-20(10-13-22(23)41-16-25(35)38-5)27-26(29(37)40-7-2)17(3)31-30-33(27)28(36)24(42-30)14-19-8-11-21(12-9-19)32-18(4)34/h8-15,27H,6-7,16H2,1-5H3,(H,32,34)/b24-14-/t27-/m1/s1. The van der Waals surface area contributed by atoms with Crippen LogP contribution in [-0.2, 0) is 23.9 Å². The highest BCUT2D eigenvalue weighted by atomic mass is 32.1. The molecule has 1 aliphatic heterocycles. The maximum Gasteiger partial charge on any atom is 0.343 e. The summed E-state index contributed by atoms with van der Waals surface area (Å²) in [6.45, 7) is 6.77. The van der Waals surface area contributed by atoms with E-state index in [0.717, 1.165) is 5.56 Å². The first-order valence-electron chi connectivity index (χ1n) is 13.2. The van der Waals surface area contributed by atoms with E-state index in [-0.39, 0.29) is 30.3 Å². The number of amides is 1. The van der Waals surface area contributed by atoms with Gasteiger partial charge in [0.15, 0.2) is 22.9 Å². The first-order valence-corrected chi connectivity index (χ1v) is 14.0. The van der Waals surface area contributed by atoms with Crippen LogP contribution in [0.25, 0.3) is 6.08 Å². The Hall–Kier alpha value is -4.71. The number of carbonyl (C=O) groups excluding carboxylic acids is 3. The fourth-order valence-corrected chi connectivity index (χ4v) is 5.45. The number of benzene rings is 2. The molecule has 0 saturated carbocycles. The van der Waals surface area contributed by atoms with Crippen molar-refractivity contribution in [1.82, 2.24) is 4.57 Å². The molecule has 1 N–H and O–H groups in total. The van der Waals surface area contributed by atoms with E-state index in [1.54, 1.807) is 69.3 Å². The van der Waals surface area contributed by atoms with E-state index in [1.165, 1.54) is 29.9 Å². The van der Waals surface area contributed by atoms with Gasteiger partial charge in [-0.05, 0) is 62.2 Å². The first kappa shape index (κ1) is 30.3. The molecule has 42 heavy (non-hydrogen) atoms. The fraction of sp³-hybridized carbons (Fsp3) is 0.300. The Labute approximate surface area is 245 Å². The summed E-state index contributed by atoms with van der Waals surface area (Å²) >= 11 is 1.20. The van der Waals surface area contributed by atoms with Crippen molar-refractivity contribution in [3.05, 3.63) is 84.5 Å². The molecule has 1 aliphatic rings. The number of nitrogens with zero attached hydrogens (tertiary/aromatic N) is 2. The highest BCUT2D eigenvalue weighted by molar-refractivity contribution is 7.07. The summed E-state index contributed by atoms with van der Waals surface area (Å²) in [5.74, 6) is -0.686. The predicted molar refractivity (Wildman–Crippen MR) is 156 cm³/mol. The summed E-state index contributed by atoms with van der Waals surface area (Å²) in [7, 11) is 1.26. The van der Waals surface area contributed by atoms with Gasteiger partial charge in [0.1, 0.15) is 0 Å². The third-order valence-electron chi connectivity index (χ3n) is 6.20. The van der Waals surface area contributed by atoms with Gasteiger partial charge in [-0.1, -0.05) is 29.5 Å². The topological polar surface area (TPSA) is 135 Å². The number of allylic oxidation sites excluding steroid dienone is 1. The zero-order valence-corrected chi connectivity index (χ0v) is 24.7. The minimum atomic E-state index is -0.863. The summed E-state index contributed by atoms with van der Waals surface area (Å²) < 4.78 is 23.3. The second-order valence-corrected chi connectivity index (χ2v) is 10.1. The zero-order valence-electron chi connectivity index (χ0n) is 23.9. The number of nitrogens with one attached hydrogen (secondary N) is 1. The fourth-order valence-electron chi connectivity index (χ4n) is 4.40. The minimum Gasteiger partial charge on any atom is -0.490 e. The van der Waals surface area contributed by atoms with Crippen molar-refractivity contribution in [2.24, 2.45) is 4.99 Å². The molecule has 1 aromatic heterocycles. The van der Waals surface area contributed by atoms with E-state index in [2.05, 4.69) is 15.0 Å². The number of hydrogen-bond donors (Lipinski definition) is 1. The van der Waals surface area contributed by atoms with Crippen LogP contribution >= 0.6 is 11.3 Å². The number of carbonyl (C=O) groups is 3. The molecule has 2 heterocycles. The second-order valence-electron chi connectivity index (χ2n) is 9.11. The van der Waals surface area contributed by atoms with Crippen molar-refractivity contribution >= 4 is 40.9 Å². The van der Waals surface area contributed by atoms with Crippen LogP contribution in [0.15, 0.2) is 63.5 Å². The lowest BCUT2D eigenvalue weighted by atomic mass is 9.95. The van der Waals surface area contributed by atoms with Gasteiger partial charge in [-0.25, -0.2) is 14.6 Å². The summed E-state index contributed by atoms with van der Waals surface area (Å²) in [4.78, 5) is 55.1. The van der Waals surface area contributed by atoms with Crippen LogP contribution in [0, 0.1) is 0 Å². The largest absolute Gasteiger partial charge is 0.490 e. The van der Waals surface area contributed by atoms with Gasteiger partial charge in [0.05, 0.1) is 42.2 Å². The number of ether oxygens (including phenoxy) is 4. The Morgan fingerprint density at radius 2 is 1.79 bits per heavy atom. The van der Waals surface area contributed by atoms with Crippen LogP contribution in [0.1, 0.15) is 44.9 Å². The lowest BCUT2D eigenvalue weighted by Crippen LogP contribution is -2.40. The molecule has 1 atom stereocenters. The first-order chi connectivity index (χ1) is 20.2. The Bertz CT molecular complexity index is 1720. The zero-order chi connectivity index (χ0) is 30.4. The lowest BCUT2D eigenvalue weighted by Gasteiger charge is -2.25. The molecule has 0 unspecified atom stereocenters. The van der Waals surface area contributed by atoms with Crippen molar-refractivity contribution in [1.29, 1.82) is 0 Å². The average Bonchev–Trinajstić information content (AvgIpc) is 3.26. The van der Waals surface area contributed by atoms with Gasteiger partial charge in [-0.2, -0.15) is 0 Å². The van der Waals surface area contributed by atoms with Crippen LogP contribution < -0.4 is 29.7 Å². The number of esters is 2. The van der Waals surface area contributed by atoms with Gasteiger partial charge in [-0.15, -0.1) is 0 Å². The van der Waals surface area contributed by atoms with Crippen molar-refractivity contribution < 1.29 is 33.3 Å². The molecule has 0 bridgehead atoms. The average molecular weight is 594 g/mol. The Morgan fingerprint density at radius 3 is 2.43 bits per heavy atom. The number of hydrogen-bond acceptors (Lipinski definition) is 10. The van der Waals surface area contributed by atoms with Gasteiger partial charge in [0, 0.05) is 12.6 Å². The SMILES string of the molecule is CCOC(=O)C1=C(C)N=c2s/c(=C\c3ccc(NC(C)=O)cc3)c(=O)n2[C@@H]1c1ccc(OCC(=O)OC)c(OCC)c1. The molecule has 0 saturated heterocycles. The monoisotopic (exact) mass is 593 g/mol. The normalized spacial score (nSPS) is 14.5. The van der Waals surface area contributed by atoms with Gasteiger partial charge in [-0.3, -0.25) is 14.2 Å². The highest BCUT2D eigenvalue weighted by Gasteiger charge is 2.34. The molecular weight excluding hydrogens is 562 g/mol. The number of fused-ring (bicyclic) bond motifs is 1. The molecule has 220 valence electrons. The van der Waals surface area contributed by atoms with E-state index in [0.29, 0.717) is 44.4 Å². The van der Waals surface area contributed by atoms with Crippen LogP contribution in [0.5, 0.6) is 11.5 Å². The molecule has 0 aliphatic carbocycles. The molecule has 0 fully saturated rings. The molecular formula is C30H31N3O8S. The van der Waals surface area contributed by atoms with Gasteiger partial charge in [0.25, 0.3) is 5.56 Å². The van der Waals surface area contributed by atoms with Crippen LogP contribution in [0.4, 0.5) is 5.69 Å². The maximum absolute atomic E-state index is 13.9. The third kappa shape index (κ3) is 6.60. The summed E-state index contributed by atoms with van der Waals surface area (Å²) in [5, 5.41) is 2.71. The van der Waals surface area contributed by atoms with Crippen LogP contribution in [-0.4, -0.2) is 49.3 Å².